The van der Waals surface area contributed by atoms with E-state index in [0.717, 1.165) is 103 Å². The zero-order valence-corrected chi connectivity index (χ0v) is 50.8. The number of carbonyl (C=O) groups is 3. The molecule has 6 nitrogen and oxygen atoms in total. The Bertz CT molecular complexity index is 1360. The lowest BCUT2D eigenvalue weighted by Crippen LogP contribution is -2.30. The Kier molecular flexibility index (Phi) is 62.2. The minimum atomic E-state index is -0.787. The molecule has 0 rings (SSSR count). The van der Waals surface area contributed by atoms with Crippen molar-refractivity contribution in [1.29, 1.82) is 0 Å². The van der Waals surface area contributed by atoms with E-state index in [-0.39, 0.29) is 31.1 Å². The van der Waals surface area contributed by atoms with Crippen LogP contribution in [0.3, 0.4) is 0 Å². The highest BCUT2D eigenvalue weighted by Crippen LogP contribution is 2.17. The Morgan fingerprint density at radius 1 is 0.263 bits per heavy atom. The molecule has 0 heterocycles. The van der Waals surface area contributed by atoms with Crippen molar-refractivity contribution in [2.75, 3.05) is 13.2 Å². The fourth-order valence-electron chi connectivity index (χ4n) is 9.72. The van der Waals surface area contributed by atoms with Crippen LogP contribution in [-0.4, -0.2) is 37.2 Å². The van der Waals surface area contributed by atoms with Crippen LogP contribution < -0.4 is 0 Å². The quantitative estimate of drug-likeness (QED) is 0.0261. The van der Waals surface area contributed by atoms with E-state index in [9.17, 15) is 14.4 Å². The predicted molar refractivity (Wildman–Crippen MR) is 330 cm³/mol. The Morgan fingerprint density at radius 2 is 0.474 bits per heavy atom. The molecule has 442 valence electrons. The van der Waals surface area contributed by atoms with Crippen molar-refractivity contribution in [3.05, 3.63) is 60.8 Å². The molecular weight excluding hydrogens is 937 g/mol. The van der Waals surface area contributed by atoms with Crippen LogP contribution in [0.25, 0.3) is 0 Å². The van der Waals surface area contributed by atoms with Crippen molar-refractivity contribution in [3.63, 3.8) is 0 Å². The van der Waals surface area contributed by atoms with Gasteiger partial charge in [-0.3, -0.25) is 14.4 Å². The summed E-state index contributed by atoms with van der Waals surface area (Å²) in [5.41, 5.74) is 0. The molecule has 0 saturated carbocycles. The number of rotatable bonds is 61. The van der Waals surface area contributed by atoms with Gasteiger partial charge in [-0.05, 0) is 89.9 Å². The van der Waals surface area contributed by atoms with Crippen LogP contribution >= 0.6 is 0 Å². The molecule has 76 heavy (non-hydrogen) atoms. The van der Waals surface area contributed by atoms with E-state index in [1.54, 1.807) is 0 Å². The molecule has 0 fully saturated rings. The molecule has 0 radical (unpaired) electrons. The van der Waals surface area contributed by atoms with Crippen LogP contribution in [0.2, 0.25) is 0 Å². The van der Waals surface area contributed by atoms with E-state index in [1.165, 1.54) is 205 Å². The van der Waals surface area contributed by atoms with Gasteiger partial charge < -0.3 is 14.2 Å². The molecule has 6 heteroatoms. The predicted octanol–water partition coefficient (Wildman–Crippen LogP) is 22.7. The van der Waals surface area contributed by atoms with Crippen molar-refractivity contribution in [2.24, 2.45) is 0 Å². The highest BCUT2D eigenvalue weighted by molar-refractivity contribution is 5.71. The van der Waals surface area contributed by atoms with Crippen LogP contribution in [0.1, 0.15) is 348 Å². The average molecular weight is 1060 g/mol. The molecule has 0 N–H and O–H groups in total. The number of unbranched alkanes of at least 4 members (excludes halogenated alkanes) is 40. The van der Waals surface area contributed by atoms with Gasteiger partial charge in [0, 0.05) is 19.3 Å². The lowest BCUT2D eigenvalue weighted by Gasteiger charge is -2.18. The largest absolute Gasteiger partial charge is 0.462 e. The van der Waals surface area contributed by atoms with Gasteiger partial charge in [-0.25, -0.2) is 0 Å². The molecular formula is C70H126O6. The third kappa shape index (κ3) is 62.0. The molecule has 0 spiro atoms. The topological polar surface area (TPSA) is 78.9 Å². The zero-order chi connectivity index (χ0) is 55.0. The highest BCUT2D eigenvalue weighted by Gasteiger charge is 2.19. The van der Waals surface area contributed by atoms with Crippen molar-refractivity contribution < 1.29 is 28.6 Å². The summed E-state index contributed by atoms with van der Waals surface area (Å²) in [7, 11) is 0. The van der Waals surface area contributed by atoms with Crippen molar-refractivity contribution in [3.8, 4) is 0 Å². The van der Waals surface area contributed by atoms with Gasteiger partial charge in [-0.2, -0.15) is 0 Å². The van der Waals surface area contributed by atoms with E-state index < -0.39 is 6.10 Å². The first kappa shape index (κ1) is 73.1. The summed E-state index contributed by atoms with van der Waals surface area (Å²) in [5, 5.41) is 0. The van der Waals surface area contributed by atoms with E-state index >= 15 is 0 Å². The standard InChI is InChI=1S/C70H126O6/c1-4-7-10-13-16-19-22-25-28-30-32-34-36-37-39-42-45-48-51-54-57-60-63-69(72)75-66-67(65-74-68(71)62-59-56-53-50-47-44-41-27-24-21-18-15-12-9-6-3)76-70(73)64-61-58-55-52-49-46-43-40-38-35-33-31-29-26-23-20-17-14-11-8-5-2/h18,21,23,26-27,31,33,38,40-41,67H,4-17,19-20,22,24-25,28-30,32,34-37,39,42-66H2,1-3H3/b21-18-,26-23-,33-31-,40-38-,41-27-. The number of carbonyl (C=O) groups excluding carboxylic acids is 3. The van der Waals surface area contributed by atoms with Gasteiger partial charge in [0.1, 0.15) is 13.2 Å². The minimum absolute atomic E-state index is 0.0811. The summed E-state index contributed by atoms with van der Waals surface area (Å²) in [4.78, 5) is 38.4. The highest BCUT2D eigenvalue weighted by atomic mass is 16.6. The van der Waals surface area contributed by atoms with Gasteiger partial charge in [-0.1, -0.05) is 300 Å². The van der Waals surface area contributed by atoms with E-state index in [2.05, 4.69) is 81.5 Å². The molecule has 0 bridgehead atoms. The Hall–Kier alpha value is -2.89. The number of ether oxygens (including phenoxy) is 3. The van der Waals surface area contributed by atoms with Crippen LogP contribution in [-0.2, 0) is 28.6 Å². The van der Waals surface area contributed by atoms with Crippen LogP contribution in [0.15, 0.2) is 60.8 Å². The van der Waals surface area contributed by atoms with Gasteiger partial charge in [-0.15, -0.1) is 0 Å². The second-order valence-electron chi connectivity index (χ2n) is 22.4. The second-order valence-corrected chi connectivity index (χ2v) is 22.4. The summed E-state index contributed by atoms with van der Waals surface area (Å²) in [5.74, 6) is -0.888. The lowest BCUT2D eigenvalue weighted by atomic mass is 10.0. The Morgan fingerprint density at radius 3 is 0.763 bits per heavy atom. The molecule has 0 aromatic heterocycles. The van der Waals surface area contributed by atoms with Crippen LogP contribution in [0.5, 0.6) is 0 Å². The fourth-order valence-corrected chi connectivity index (χ4v) is 9.72. The SMILES string of the molecule is CCCCC/C=C\C/C=C\CCCCCCCC(=O)OCC(COC(=O)CCCCCCCCCCCCCCCCCCCCCCCC)OC(=O)CCCCCCCC/C=C\C/C=C\C/C=C\CCCCCCC. The second kappa shape index (κ2) is 64.6. The van der Waals surface area contributed by atoms with Gasteiger partial charge in [0.15, 0.2) is 6.10 Å². The van der Waals surface area contributed by atoms with Crippen LogP contribution in [0.4, 0.5) is 0 Å². The maximum absolute atomic E-state index is 12.9. The minimum Gasteiger partial charge on any atom is -0.462 e. The Labute approximate surface area is 472 Å². The van der Waals surface area contributed by atoms with E-state index in [0.29, 0.717) is 19.3 Å². The first-order valence-corrected chi connectivity index (χ1v) is 33.3. The summed E-state index contributed by atoms with van der Waals surface area (Å²) in [6, 6.07) is 0. The normalized spacial score (nSPS) is 12.4. The third-order valence-electron chi connectivity index (χ3n) is 14.7. The first-order valence-electron chi connectivity index (χ1n) is 33.3. The molecule has 1 unspecified atom stereocenters. The molecule has 0 aliphatic carbocycles. The van der Waals surface area contributed by atoms with Crippen LogP contribution in [0, 0.1) is 0 Å². The molecule has 0 saturated heterocycles. The van der Waals surface area contributed by atoms with Gasteiger partial charge in [0.05, 0.1) is 0 Å². The maximum Gasteiger partial charge on any atom is 0.306 e. The van der Waals surface area contributed by atoms with Gasteiger partial charge >= 0.3 is 17.9 Å². The average Bonchev–Trinajstić information content (AvgIpc) is 3.42. The fraction of sp³-hybridized carbons (Fsp3) is 0.814. The van der Waals surface area contributed by atoms with Crippen molar-refractivity contribution in [2.45, 2.75) is 354 Å². The molecule has 0 amide bonds. The zero-order valence-electron chi connectivity index (χ0n) is 50.8. The summed E-state index contributed by atoms with van der Waals surface area (Å²) in [6.07, 6.45) is 82.3. The van der Waals surface area contributed by atoms with Crippen molar-refractivity contribution >= 4 is 17.9 Å². The molecule has 0 aliphatic heterocycles. The smallest absolute Gasteiger partial charge is 0.306 e. The molecule has 0 aliphatic rings. The Balaban J connectivity index is 4.35. The molecule has 1 atom stereocenters. The number of hydrogen-bond donors (Lipinski definition) is 0. The van der Waals surface area contributed by atoms with Gasteiger partial charge in [0.25, 0.3) is 0 Å². The number of esters is 3. The van der Waals surface area contributed by atoms with Crippen molar-refractivity contribution in [1.82, 2.24) is 0 Å². The molecule has 0 aromatic carbocycles. The maximum atomic E-state index is 12.9. The summed E-state index contributed by atoms with van der Waals surface area (Å²) >= 11 is 0. The summed E-state index contributed by atoms with van der Waals surface area (Å²) in [6.45, 7) is 6.63. The van der Waals surface area contributed by atoms with E-state index in [1.807, 2.05) is 0 Å². The first-order chi connectivity index (χ1) is 37.5. The van der Waals surface area contributed by atoms with Gasteiger partial charge in [0.2, 0.25) is 0 Å². The van der Waals surface area contributed by atoms with E-state index in [4.69, 9.17) is 14.2 Å². The number of hydrogen-bond acceptors (Lipinski definition) is 6. The molecule has 0 aromatic rings. The lowest BCUT2D eigenvalue weighted by molar-refractivity contribution is -0.167. The number of allylic oxidation sites excluding steroid dienone is 10. The monoisotopic (exact) mass is 1060 g/mol. The third-order valence-corrected chi connectivity index (χ3v) is 14.7. The summed E-state index contributed by atoms with van der Waals surface area (Å²) < 4.78 is 16.9.